The van der Waals surface area contributed by atoms with Gasteiger partial charge in [-0.3, -0.25) is 4.57 Å². The van der Waals surface area contributed by atoms with Gasteiger partial charge >= 0.3 is 5.76 Å². The molecule has 1 unspecified atom stereocenters. The molecule has 6 nitrogen and oxygen atoms in total. The van der Waals surface area contributed by atoms with Crippen molar-refractivity contribution in [2.24, 2.45) is 7.05 Å². The molecule has 1 fully saturated rings. The first-order valence-electron chi connectivity index (χ1n) is 7.71. The van der Waals surface area contributed by atoms with Crippen molar-refractivity contribution >= 4 is 16.8 Å². The van der Waals surface area contributed by atoms with Crippen molar-refractivity contribution in [3.63, 3.8) is 0 Å². The molecule has 0 saturated heterocycles. The number of nitrogens with one attached hydrogen (secondary N) is 1. The van der Waals surface area contributed by atoms with Gasteiger partial charge in [-0.1, -0.05) is 12.8 Å². The van der Waals surface area contributed by atoms with E-state index in [1.807, 2.05) is 6.07 Å². The summed E-state index contributed by atoms with van der Waals surface area (Å²) in [5.74, 6) is -0.393. The molecule has 0 bridgehead atoms. The van der Waals surface area contributed by atoms with Crippen LogP contribution in [0.1, 0.15) is 32.1 Å². The second-order valence-electron chi connectivity index (χ2n) is 6.28. The van der Waals surface area contributed by atoms with E-state index in [4.69, 9.17) is 4.42 Å². The van der Waals surface area contributed by atoms with Crippen LogP contribution in [-0.4, -0.2) is 33.0 Å². The Morgan fingerprint density at radius 3 is 2.86 bits per heavy atom. The second-order valence-corrected chi connectivity index (χ2v) is 6.28. The average molecular weight is 306 g/mol. The van der Waals surface area contributed by atoms with Crippen molar-refractivity contribution < 1.29 is 14.6 Å². The largest absolute Gasteiger partial charge is 0.419 e. The Morgan fingerprint density at radius 2 is 2.14 bits per heavy atom. The highest BCUT2D eigenvalue weighted by molar-refractivity contribution is 5.77. The molecule has 1 atom stereocenters. The number of aliphatic hydroxyl groups is 2. The van der Waals surface area contributed by atoms with Crippen LogP contribution in [0.15, 0.2) is 27.4 Å². The number of benzene rings is 1. The minimum atomic E-state index is -0.711. The molecule has 0 aliphatic heterocycles. The lowest BCUT2D eigenvalue weighted by Crippen LogP contribution is -2.33. The fourth-order valence-electron chi connectivity index (χ4n) is 3.23. The summed E-state index contributed by atoms with van der Waals surface area (Å²) >= 11 is 0. The maximum atomic E-state index is 11.5. The summed E-state index contributed by atoms with van der Waals surface area (Å²) in [6.07, 6.45) is 3.38. The molecule has 0 spiro atoms. The summed E-state index contributed by atoms with van der Waals surface area (Å²) in [5.41, 5.74) is 1.31. The SMILES string of the molecule is Cn1c(=O)oc2cc(NCC(O)CC3(O)CCCC3)ccc21. The number of aryl methyl sites for hydroxylation is 1. The lowest BCUT2D eigenvalue weighted by molar-refractivity contribution is -0.00154. The second kappa shape index (κ2) is 5.78. The molecule has 2 aromatic rings. The lowest BCUT2D eigenvalue weighted by atomic mass is 9.94. The van der Waals surface area contributed by atoms with Gasteiger partial charge in [0.05, 0.1) is 17.2 Å². The Labute approximate surface area is 128 Å². The molecule has 0 radical (unpaired) electrons. The van der Waals surface area contributed by atoms with E-state index >= 15 is 0 Å². The van der Waals surface area contributed by atoms with Gasteiger partial charge in [0, 0.05) is 31.8 Å². The number of aliphatic hydroxyl groups excluding tert-OH is 1. The summed E-state index contributed by atoms with van der Waals surface area (Å²) in [5, 5.41) is 23.5. The summed E-state index contributed by atoms with van der Waals surface area (Å²) < 4.78 is 6.58. The number of hydrogen-bond donors (Lipinski definition) is 3. The van der Waals surface area contributed by atoms with Crippen molar-refractivity contribution in [2.75, 3.05) is 11.9 Å². The fraction of sp³-hybridized carbons (Fsp3) is 0.562. The van der Waals surface area contributed by atoms with Crippen molar-refractivity contribution in [2.45, 2.75) is 43.8 Å². The van der Waals surface area contributed by atoms with Crippen LogP contribution in [0.5, 0.6) is 0 Å². The van der Waals surface area contributed by atoms with Crippen LogP contribution in [0.2, 0.25) is 0 Å². The molecule has 6 heteroatoms. The summed E-state index contributed by atoms with van der Waals surface area (Å²) in [6.45, 7) is 0.352. The topological polar surface area (TPSA) is 87.6 Å². The molecular formula is C16H22N2O4. The molecule has 1 aromatic carbocycles. The standard InChI is InChI=1S/C16H22N2O4/c1-18-13-5-4-11(8-14(13)22-15(18)20)17-10-12(19)9-16(21)6-2-3-7-16/h4-5,8,12,17,19,21H,2-3,6-7,9-10H2,1H3. The molecule has 3 rings (SSSR count). The maximum absolute atomic E-state index is 11.5. The van der Waals surface area contributed by atoms with Gasteiger partial charge in [-0.05, 0) is 25.0 Å². The molecule has 1 aromatic heterocycles. The van der Waals surface area contributed by atoms with Gasteiger partial charge in [-0.25, -0.2) is 4.79 Å². The first-order valence-corrected chi connectivity index (χ1v) is 7.71. The molecule has 3 N–H and O–H groups in total. The van der Waals surface area contributed by atoms with Crippen LogP contribution in [0.4, 0.5) is 5.69 Å². The third kappa shape index (κ3) is 3.03. The summed E-state index contributed by atoms with van der Waals surface area (Å²) in [4.78, 5) is 11.5. The molecule has 1 aliphatic carbocycles. The smallest absolute Gasteiger partial charge is 0.408 e. The number of oxazole rings is 1. The van der Waals surface area contributed by atoms with Crippen molar-refractivity contribution in [3.05, 3.63) is 28.7 Å². The molecule has 22 heavy (non-hydrogen) atoms. The van der Waals surface area contributed by atoms with Crippen LogP contribution < -0.4 is 11.1 Å². The maximum Gasteiger partial charge on any atom is 0.419 e. The van der Waals surface area contributed by atoms with Gasteiger partial charge in [0.15, 0.2) is 5.58 Å². The predicted molar refractivity (Wildman–Crippen MR) is 84.0 cm³/mol. The zero-order valence-corrected chi connectivity index (χ0v) is 12.7. The highest BCUT2D eigenvalue weighted by Gasteiger charge is 2.33. The van der Waals surface area contributed by atoms with E-state index in [1.54, 1.807) is 19.2 Å². The summed E-state index contributed by atoms with van der Waals surface area (Å²) in [6, 6.07) is 5.39. The number of aromatic nitrogens is 1. The van der Waals surface area contributed by atoms with E-state index < -0.39 is 17.5 Å². The van der Waals surface area contributed by atoms with Gasteiger partial charge in [0.25, 0.3) is 0 Å². The first kappa shape index (κ1) is 15.1. The number of nitrogens with zero attached hydrogens (tertiary/aromatic N) is 1. The van der Waals surface area contributed by atoms with Crippen LogP contribution in [0.3, 0.4) is 0 Å². The molecule has 1 heterocycles. The minimum absolute atomic E-state index is 0.352. The molecule has 0 amide bonds. The first-order chi connectivity index (χ1) is 10.5. The van der Waals surface area contributed by atoms with Gasteiger partial charge in [0.2, 0.25) is 0 Å². The van der Waals surface area contributed by atoms with E-state index in [9.17, 15) is 15.0 Å². The van der Waals surface area contributed by atoms with E-state index in [2.05, 4.69) is 5.32 Å². The minimum Gasteiger partial charge on any atom is -0.408 e. The Balaban J connectivity index is 1.62. The molecular weight excluding hydrogens is 284 g/mol. The zero-order valence-electron chi connectivity index (χ0n) is 12.7. The van der Waals surface area contributed by atoms with Crippen LogP contribution in [0.25, 0.3) is 11.1 Å². The molecule has 120 valence electrons. The molecule has 1 saturated carbocycles. The Bertz CT molecular complexity index is 712. The van der Waals surface area contributed by atoms with Crippen molar-refractivity contribution in [1.82, 2.24) is 4.57 Å². The summed E-state index contributed by atoms with van der Waals surface area (Å²) in [7, 11) is 1.66. The Hall–Kier alpha value is -1.79. The van der Waals surface area contributed by atoms with Crippen LogP contribution >= 0.6 is 0 Å². The fourth-order valence-corrected chi connectivity index (χ4v) is 3.23. The predicted octanol–water partition coefficient (Wildman–Crippen LogP) is 1.60. The van der Waals surface area contributed by atoms with Gasteiger partial charge in [0.1, 0.15) is 0 Å². The van der Waals surface area contributed by atoms with E-state index in [0.29, 0.717) is 18.5 Å². The quantitative estimate of drug-likeness (QED) is 0.781. The number of fused-ring (bicyclic) bond motifs is 1. The monoisotopic (exact) mass is 306 g/mol. The Kier molecular flexibility index (Phi) is 3.97. The highest BCUT2D eigenvalue weighted by atomic mass is 16.4. The normalized spacial score (nSPS) is 18.7. The van der Waals surface area contributed by atoms with Gasteiger partial charge in [-0.2, -0.15) is 0 Å². The van der Waals surface area contributed by atoms with Crippen LogP contribution in [-0.2, 0) is 7.05 Å². The van der Waals surface area contributed by atoms with E-state index in [0.717, 1.165) is 36.9 Å². The van der Waals surface area contributed by atoms with Crippen LogP contribution in [0, 0.1) is 0 Å². The average Bonchev–Trinajstić information content (AvgIpc) is 3.01. The van der Waals surface area contributed by atoms with E-state index in [-0.39, 0.29) is 0 Å². The zero-order chi connectivity index (χ0) is 15.7. The van der Waals surface area contributed by atoms with Crippen molar-refractivity contribution in [1.29, 1.82) is 0 Å². The van der Waals surface area contributed by atoms with Gasteiger partial charge in [-0.15, -0.1) is 0 Å². The number of anilines is 1. The highest BCUT2D eigenvalue weighted by Crippen LogP contribution is 2.33. The third-order valence-corrected chi connectivity index (χ3v) is 4.48. The number of rotatable bonds is 5. The Morgan fingerprint density at radius 1 is 1.41 bits per heavy atom. The molecule has 1 aliphatic rings. The van der Waals surface area contributed by atoms with Crippen molar-refractivity contribution in [3.8, 4) is 0 Å². The van der Waals surface area contributed by atoms with E-state index in [1.165, 1.54) is 4.57 Å². The lowest BCUT2D eigenvalue weighted by Gasteiger charge is -2.25. The third-order valence-electron chi connectivity index (χ3n) is 4.48. The number of hydrogen-bond acceptors (Lipinski definition) is 5. The van der Waals surface area contributed by atoms with Gasteiger partial charge < -0.3 is 19.9 Å².